The average molecular weight is 407 g/mol. The highest BCUT2D eigenvalue weighted by molar-refractivity contribution is 6.30. The van der Waals surface area contributed by atoms with Gasteiger partial charge in [0.05, 0.1) is 0 Å². The van der Waals surface area contributed by atoms with E-state index in [2.05, 4.69) is 36.9 Å². The van der Waals surface area contributed by atoms with Crippen LogP contribution in [-0.4, -0.2) is 29.9 Å². The van der Waals surface area contributed by atoms with Crippen LogP contribution in [0.25, 0.3) is 22.8 Å². The molecule has 3 aromatic heterocycles. The topological polar surface area (TPSA) is 82.5 Å². The number of hydrogen-bond acceptors (Lipinski definition) is 6. The average Bonchev–Trinajstić information content (AvgIpc) is 3.29. The van der Waals surface area contributed by atoms with E-state index in [0.717, 1.165) is 35.6 Å². The van der Waals surface area contributed by atoms with Gasteiger partial charge in [-0.15, -0.1) is 20.4 Å². The van der Waals surface area contributed by atoms with E-state index < -0.39 is 0 Å². The third-order valence-electron chi connectivity index (χ3n) is 5.04. The Kier molecular flexibility index (Phi) is 4.60. The second kappa shape index (κ2) is 7.40. The lowest BCUT2D eigenvalue weighted by Crippen LogP contribution is -2.08. The summed E-state index contributed by atoms with van der Waals surface area (Å²) in [6.45, 7) is 2.06. The van der Waals surface area contributed by atoms with E-state index in [1.54, 1.807) is 12.4 Å². The van der Waals surface area contributed by atoms with E-state index in [-0.39, 0.29) is 5.92 Å². The lowest BCUT2D eigenvalue weighted by molar-refractivity contribution is 0.458. The molecule has 0 amide bonds. The Bertz CT molecular complexity index is 1140. The molecule has 1 saturated carbocycles. The first kappa shape index (κ1) is 18.0. The first-order valence-electron chi connectivity index (χ1n) is 9.62. The second-order valence-electron chi connectivity index (χ2n) is 7.34. The van der Waals surface area contributed by atoms with Gasteiger partial charge < -0.3 is 8.98 Å². The molecule has 29 heavy (non-hydrogen) atoms. The number of halogens is 1. The zero-order valence-electron chi connectivity index (χ0n) is 15.9. The van der Waals surface area contributed by atoms with Crippen molar-refractivity contribution in [2.45, 2.75) is 38.1 Å². The molecule has 1 aliphatic rings. The van der Waals surface area contributed by atoms with Crippen LogP contribution in [0.15, 0.2) is 53.2 Å². The van der Waals surface area contributed by atoms with Gasteiger partial charge in [-0.05, 0) is 43.2 Å². The molecule has 3 heterocycles. The highest BCUT2D eigenvalue weighted by Gasteiger charge is 2.31. The molecule has 0 spiro atoms. The van der Waals surface area contributed by atoms with E-state index in [1.165, 1.54) is 0 Å². The molecule has 5 rings (SSSR count). The SMILES string of the molecule is C[C@H](Cc1nnc(-c2ccncc2)n1C1CC1)c1nnc(-c2cccc(Cl)c2)o1. The predicted molar refractivity (Wildman–Crippen MR) is 108 cm³/mol. The quantitative estimate of drug-likeness (QED) is 0.460. The van der Waals surface area contributed by atoms with Crippen molar-refractivity contribution in [2.24, 2.45) is 0 Å². The van der Waals surface area contributed by atoms with Gasteiger partial charge in [0.25, 0.3) is 0 Å². The van der Waals surface area contributed by atoms with Gasteiger partial charge in [0.2, 0.25) is 11.8 Å². The van der Waals surface area contributed by atoms with Crippen LogP contribution in [0.4, 0.5) is 0 Å². The normalized spacial score (nSPS) is 14.8. The lowest BCUT2D eigenvalue weighted by Gasteiger charge is -2.11. The molecule has 0 unspecified atom stereocenters. The van der Waals surface area contributed by atoms with Crippen molar-refractivity contribution in [3.05, 3.63) is 65.5 Å². The van der Waals surface area contributed by atoms with Crippen LogP contribution in [0.1, 0.15) is 43.4 Å². The highest BCUT2D eigenvalue weighted by atomic mass is 35.5. The van der Waals surface area contributed by atoms with Gasteiger partial charge in [0.15, 0.2) is 5.82 Å². The third kappa shape index (κ3) is 3.65. The Morgan fingerprint density at radius 2 is 1.90 bits per heavy atom. The van der Waals surface area contributed by atoms with Crippen molar-refractivity contribution in [3.8, 4) is 22.8 Å². The molecule has 0 aliphatic heterocycles. The minimum Gasteiger partial charge on any atom is -0.420 e. The zero-order valence-corrected chi connectivity index (χ0v) is 16.6. The molecular formula is C21H19ClN6O. The van der Waals surface area contributed by atoms with Crippen LogP contribution in [0, 0.1) is 0 Å². The molecule has 1 aromatic carbocycles. The van der Waals surface area contributed by atoms with E-state index >= 15 is 0 Å². The van der Waals surface area contributed by atoms with Gasteiger partial charge in [-0.2, -0.15) is 0 Å². The van der Waals surface area contributed by atoms with Crippen molar-refractivity contribution in [1.82, 2.24) is 29.9 Å². The monoisotopic (exact) mass is 406 g/mol. The molecule has 8 heteroatoms. The van der Waals surface area contributed by atoms with E-state index in [9.17, 15) is 0 Å². The van der Waals surface area contributed by atoms with Crippen molar-refractivity contribution in [3.63, 3.8) is 0 Å². The molecule has 0 radical (unpaired) electrons. The molecule has 146 valence electrons. The fraction of sp³-hybridized carbons (Fsp3) is 0.286. The fourth-order valence-electron chi connectivity index (χ4n) is 3.41. The van der Waals surface area contributed by atoms with E-state index in [4.69, 9.17) is 16.0 Å². The molecule has 4 aromatic rings. The Balaban J connectivity index is 1.40. The molecule has 7 nitrogen and oxygen atoms in total. The maximum atomic E-state index is 6.07. The number of aromatic nitrogens is 6. The van der Waals surface area contributed by atoms with Crippen molar-refractivity contribution >= 4 is 11.6 Å². The third-order valence-corrected chi connectivity index (χ3v) is 5.27. The minimum absolute atomic E-state index is 0.0161. The zero-order chi connectivity index (χ0) is 19.8. The summed E-state index contributed by atoms with van der Waals surface area (Å²) in [4.78, 5) is 4.10. The summed E-state index contributed by atoms with van der Waals surface area (Å²) in [5.74, 6) is 2.89. The summed E-state index contributed by atoms with van der Waals surface area (Å²) < 4.78 is 8.17. The van der Waals surface area contributed by atoms with Gasteiger partial charge >= 0.3 is 0 Å². The highest BCUT2D eigenvalue weighted by Crippen LogP contribution is 2.39. The van der Waals surface area contributed by atoms with Crippen molar-refractivity contribution < 1.29 is 4.42 Å². The summed E-state index contributed by atoms with van der Waals surface area (Å²) in [6.07, 6.45) is 6.53. The smallest absolute Gasteiger partial charge is 0.247 e. The number of nitrogens with zero attached hydrogens (tertiary/aromatic N) is 6. The number of hydrogen-bond donors (Lipinski definition) is 0. The summed E-state index contributed by atoms with van der Waals surface area (Å²) in [5.41, 5.74) is 1.84. The number of pyridine rings is 1. The van der Waals surface area contributed by atoms with Crippen LogP contribution in [-0.2, 0) is 6.42 Å². The van der Waals surface area contributed by atoms with Crippen molar-refractivity contribution in [1.29, 1.82) is 0 Å². The maximum Gasteiger partial charge on any atom is 0.247 e. The Labute approximate surface area is 172 Å². The van der Waals surface area contributed by atoms with Gasteiger partial charge in [-0.3, -0.25) is 4.98 Å². The lowest BCUT2D eigenvalue weighted by atomic mass is 10.1. The molecule has 1 fully saturated rings. The molecule has 0 N–H and O–H groups in total. The van der Waals surface area contributed by atoms with E-state index in [1.807, 2.05) is 36.4 Å². The molecule has 0 bridgehead atoms. The summed E-state index contributed by atoms with van der Waals surface area (Å²) in [6, 6.07) is 11.8. The molecule has 1 atom stereocenters. The predicted octanol–water partition coefficient (Wildman–Crippen LogP) is 4.72. The van der Waals surface area contributed by atoms with Gasteiger partial charge in [-0.25, -0.2) is 0 Å². The molecular weight excluding hydrogens is 388 g/mol. The van der Waals surface area contributed by atoms with Crippen LogP contribution in [0.5, 0.6) is 0 Å². The first-order valence-corrected chi connectivity index (χ1v) is 10.0. The maximum absolute atomic E-state index is 6.07. The number of benzene rings is 1. The van der Waals surface area contributed by atoms with Gasteiger partial charge in [-0.1, -0.05) is 24.6 Å². The largest absolute Gasteiger partial charge is 0.420 e. The molecule has 1 aliphatic carbocycles. The van der Waals surface area contributed by atoms with Crippen LogP contribution < -0.4 is 0 Å². The Hall–Kier alpha value is -3.06. The standard InChI is InChI=1S/C21H19ClN6O/c1-13(20-26-27-21(29-20)15-3-2-4-16(22)12-15)11-18-24-25-19(28(18)17-5-6-17)14-7-9-23-10-8-14/h2-4,7-10,12-13,17H,5-6,11H2,1H3/t13-/m1/s1. The Morgan fingerprint density at radius 3 is 2.66 bits per heavy atom. The fourth-order valence-corrected chi connectivity index (χ4v) is 3.60. The van der Waals surface area contributed by atoms with Crippen LogP contribution in [0.2, 0.25) is 5.02 Å². The van der Waals surface area contributed by atoms with Crippen LogP contribution >= 0.6 is 11.6 Å². The van der Waals surface area contributed by atoms with Crippen LogP contribution in [0.3, 0.4) is 0 Å². The number of rotatable bonds is 6. The van der Waals surface area contributed by atoms with Crippen molar-refractivity contribution in [2.75, 3.05) is 0 Å². The van der Waals surface area contributed by atoms with E-state index in [0.29, 0.717) is 29.3 Å². The summed E-state index contributed by atoms with van der Waals surface area (Å²) in [5, 5.41) is 18.0. The van der Waals surface area contributed by atoms with Gasteiger partial charge in [0, 0.05) is 46.9 Å². The summed E-state index contributed by atoms with van der Waals surface area (Å²) >= 11 is 6.07. The first-order chi connectivity index (χ1) is 14.2. The molecule has 0 saturated heterocycles. The minimum atomic E-state index is 0.0161. The Morgan fingerprint density at radius 1 is 1.07 bits per heavy atom. The second-order valence-corrected chi connectivity index (χ2v) is 7.77. The summed E-state index contributed by atoms with van der Waals surface area (Å²) in [7, 11) is 0. The van der Waals surface area contributed by atoms with Gasteiger partial charge in [0.1, 0.15) is 5.82 Å².